The van der Waals surface area contributed by atoms with E-state index >= 15 is 0 Å². The van der Waals surface area contributed by atoms with Crippen molar-refractivity contribution in [1.29, 1.82) is 0 Å². The minimum atomic E-state index is -2.54. The fourth-order valence-corrected chi connectivity index (χ4v) is 9.14. The third-order valence-electron chi connectivity index (χ3n) is 6.66. The molecule has 0 heterocycles. The van der Waals surface area contributed by atoms with Gasteiger partial charge in [-0.15, -0.1) is 0 Å². The van der Waals surface area contributed by atoms with Crippen LogP contribution in [0.15, 0.2) is 60.7 Å². The van der Waals surface area contributed by atoms with Gasteiger partial charge in [0, 0.05) is 0 Å². The molecule has 2 rings (SSSR count). The Balaban J connectivity index is 1.44. The molecule has 1 N–H and O–H groups in total. The zero-order valence-corrected chi connectivity index (χ0v) is 27.7. The highest BCUT2D eigenvalue weighted by molar-refractivity contribution is 6.99. The minimum absolute atomic E-state index is 0.000420. The van der Waals surface area contributed by atoms with Crippen molar-refractivity contribution in [2.24, 2.45) is 0 Å². The number of ether oxygens (including phenoxy) is 7. The van der Waals surface area contributed by atoms with Crippen LogP contribution in [-0.4, -0.2) is 118 Å². The van der Waals surface area contributed by atoms with Crippen LogP contribution in [0.25, 0.3) is 0 Å². The molecule has 0 fully saturated rings. The molecule has 0 saturated carbocycles. The summed E-state index contributed by atoms with van der Waals surface area (Å²) in [6.07, 6.45) is 0.000420. The van der Waals surface area contributed by atoms with Gasteiger partial charge in [-0.05, 0) is 15.4 Å². The van der Waals surface area contributed by atoms with E-state index < -0.39 is 14.3 Å². The van der Waals surface area contributed by atoms with Crippen molar-refractivity contribution in [2.45, 2.75) is 32.2 Å². The Morgan fingerprint density at radius 3 is 1.11 bits per heavy atom. The Morgan fingerprint density at radius 2 is 0.818 bits per heavy atom. The quantitative estimate of drug-likeness (QED) is 0.116. The number of rotatable bonds is 27. The van der Waals surface area contributed by atoms with Crippen molar-refractivity contribution in [1.82, 2.24) is 0 Å². The predicted octanol–water partition coefficient (Wildman–Crippen LogP) is 3.15. The lowest BCUT2D eigenvalue weighted by Crippen LogP contribution is -2.66. The second-order valence-corrected chi connectivity index (χ2v) is 15.2. The summed E-state index contributed by atoms with van der Waals surface area (Å²) in [6, 6.07) is 21.2. The summed E-state index contributed by atoms with van der Waals surface area (Å²) in [5.41, 5.74) is 0. The maximum Gasteiger partial charge on any atom is 0.305 e. The molecule has 0 aliphatic rings. The first-order chi connectivity index (χ1) is 21.4. The van der Waals surface area contributed by atoms with Gasteiger partial charge < -0.3 is 42.7 Å². The van der Waals surface area contributed by atoms with Crippen molar-refractivity contribution >= 4 is 24.7 Å². The second-order valence-electron chi connectivity index (χ2n) is 10.9. The zero-order chi connectivity index (χ0) is 31.8. The molecule has 10 nitrogen and oxygen atoms in total. The first-order valence-electron chi connectivity index (χ1n) is 15.4. The van der Waals surface area contributed by atoms with E-state index in [1.165, 1.54) is 10.4 Å². The van der Waals surface area contributed by atoms with Gasteiger partial charge in [-0.2, -0.15) is 0 Å². The van der Waals surface area contributed by atoms with Crippen LogP contribution in [0.4, 0.5) is 0 Å². The third kappa shape index (κ3) is 15.2. The van der Waals surface area contributed by atoms with E-state index in [2.05, 4.69) is 69.3 Å². The maximum absolute atomic E-state index is 10.4. The van der Waals surface area contributed by atoms with E-state index in [4.69, 9.17) is 42.7 Å². The van der Waals surface area contributed by atoms with Crippen molar-refractivity contribution in [3.05, 3.63) is 60.7 Å². The van der Waals surface area contributed by atoms with Crippen LogP contribution in [0, 0.1) is 0 Å². The fourth-order valence-electron chi connectivity index (χ4n) is 4.60. The molecule has 0 aliphatic carbocycles. The number of carboxylic acids is 1. The molecule has 2 aromatic carbocycles. The summed E-state index contributed by atoms with van der Waals surface area (Å²) in [5, 5.41) is 11.0. The number of carboxylic acid groups (broad SMARTS) is 1. The minimum Gasteiger partial charge on any atom is -0.481 e. The summed E-state index contributed by atoms with van der Waals surface area (Å²) >= 11 is 0. The molecule has 0 aromatic heterocycles. The van der Waals surface area contributed by atoms with E-state index in [0.29, 0.717) is 92.5 Å². The topological polar surface area (TPSA) is 111 Å². The van der Waals surface area contributed by atoms with Gasteiger partial charge in [-0.25, -0.2) is 0 Å². The van der Waals surface area contributed by atoms with Crippen LogP contribution in [0.2, 0.25) is 5.04 Å². The number of hydrogen-bond donors (Lipinski definition) is 1. The highest BCUT2D eigenvalue weighted by Gasteiger charge is 2.49. The molecule has 0 aliphatic heterocycles. The van der Waals surface area contributed by atoms with Gasteiger partial charge in [-0.3, -0.25) is 4.79 Å². The average molecular weight is 637 g/mol. The number of benzene rings is 2. The van der Waals surface area contributed by atoms with Crippen LogP contribution in [-0.2, 0) is 42.4 Å². The normalized spacial score (nSPS) is 12.1. The fraction of sp³-hybridized carbons (Fsp3) is 0.606. The molecule has 0 unspecified atom stereocenters. The van der Waals surface area contributed by atoms with Gasteiger partial charge in [0.2, 0.25) is 0 Å². The van der Waals surface area contributed by atoms with Crippen LogP contribution in [0.3, 0.4) is 0 Å². The lowest BCUT2D eigenvalue weighted by molar-refractivity contribution is -0.138. The summed E-state index contributed by atoms with van der Waals surface area (Å²) in [6.45, 7) is 13.6. The molecular weight excluding hydrogens is 584 g/mol. The molecule has 2 aromatic rings. The molecule has 0 amide bonds. The van der Waals surface area contributed by atoms with Crippen molar-refractivity contribution in [3.63, 3.8) is 0 Å². The van der Waals surface area contributed by atoms with Gasteiger partial charge in [0.1, 0.15) is 0 Å². The lowest BCUT2D eigenvalue weighted by Gasteiger charge is -2.43. The summed E-state index contributed by atoms with van der Waals surface area (Å²) < 4.78 is 45.2. The Labute approximate surface area is 264 Å². The Morgan fingerprint density at radius 1 is 0.523 bits per heavy atom. The number of aliphatic carboxylic acids is 1. The number of carbonyl (C=O) groups is 1. The smallest absolute Gasteiger partial charge is 0.305 e. The summed E-state index contributed by atoms with van der Waals surface area (Å²) in [5.74, 6) is -0.871. The van der Waals surface area contributed by atoms with E-state index in [1.807, 2.05) is 12.1 Å². The van der Waals surface area contributed by atoms with Gasteiger partial charge in [0.05, 0.1) is 106 Å². The zero-order valence-electron chi connectivity index (χ0n) is 26.7. The second kappa shape index (κ2) is 23.2. The molecular formula is C33H52O10Si. The Kier molecular flexibility index (Phi) is 20.0. The summed E-state index contributed by atoms with van der Waals surface area (Å²) in [4.78, 5) is 10.4. The molecule has 0 saturated heterocycles. The highest BCUT2D eigenvalue weighted by Crippen LogP contribution is 2.36. The Hall–Kier alpha value is -2.19. The van der Waals surface area contributed by atoms with E-state index in [-0.39, 0.29) is 18.1 Å². The van der Waals surface area contributed by atoms with Gasteiger partial charge in [-0.1, -0.05) is 81.4 Å². The standard InChI is InChI=1S/C33H52O10Si/c1-33(2,3)44(30-10-6-4-7-11-30,31-12-8-5-9-13-31)43-29-28-42-27-26-41-25-24-40-23-22-39-21-20-38-19-18-37-17-16-36-15-14-32(34)35/h4-13H,14-29H2,1-3H3,(H,34,35). The van der Waals surface area contributed by atoms with Gasteiger partial charge in [0.15, 0.2) is 0 Å². The van der Waals surface area contributed by atoms with E-state index in [1.54, 1.807) is 0 Å². The van der Waals surface area contributed by atoms with Gasteiger partial charge in [0.25, 0.3) is 8.32 Å². The summed E-state index contributed by atoms with van der Waals surface area (Å²) in [7, 11) is -2.54. The SMILES string of the molecule is CC(C)(C)[Si](OCCOCCOCCOCCOCCOCCOCCOCCC(=O)O)(c1ccccc1)c1ccccc1. The predicted molar refractivity (Wildman–Crippen MR) is 172 cm³/mol. The van der Waals surface area contributed by atoms with Crippen molar-refractivity contribution < 1.29 is 47.5 Å². The average Bonchev–Trinajstić information content (AvgIpc) is 3.01. The lowest BCUT2D eigenvalue weighted by atomic mass is 10.2. The Bertz CT molecular complexity index is 932. The van der Waals surface area contributed by atoms with Crippen LogP contribution in [0.5, 0.6) is 0 Å². The van der Waals surface area contributed by atoms with Crippen LogP contribution >= 0.6 is 0 Å². The molecule has 0 atom stereocenters. The van der Waals surface area contributed by atoms with Crippen LogP contribution < -0.4 is 10.4 Å². The van der Waals surface area contributed by atoms with E-state index in [0.717, 1.165) is 0 Å². The van der Waals surface area contributed by atoms with Gasteiger partial charge >= 0.3 is 5.97 Å². The molecule has 0 bridgehead atoms. The maximum atomic E-state index is 10.4. The van der Waals surface area contributed by atoms with Crippen LogP contribution in [0.1, 0.15) is 27.2 Å². The number of hydrogen-bond acceptors (Lipinski definition) is 9. The van der Waals surface area contributed by atoms with E-state index in [9.17, 15) is 4.79 Å². The third-order valence-corrected chi connectivity index (χ3v) is 11.7. The highest BCUT2D eigenvalue weighted by atomic mass is 28.4. The first-order valence-corrected chi connectivity index (χ1v) is 17.3. The van der Waals surface area contributed by atoms with Crippen molar-refractivity contribution in [2.75, 3.05) is 99.1 Å². The monoisotopic (exact) mass is 636 g/mol. The molecule has 11 heteroatoms. The van der Waals surface area contributed by atoms with Crippen molar-refractivity contribution in [3.8, 4) is 0 Å². The largest absolute Gasteiger partial charge is 0.481 e. The molecule has 248 valence electrons. The molecule has 0 spiro atoms. The molecule has 0 radical (unpaired) electrons. The molecule has 44 heavy (non-hydrogen) atoms. The first kappa shape index (κ1) is 38.0.